The second-order valence-corrected chi connectivity index (χ2v) is 5.91. The maximum Gasteiger partial charge on any atom is 0.232 e. The highest BCUT2D eigenvalue weighted by Crippen LogP contribution is 2.49. The molecular formula is C15H20N2OS. The van der Waals surface area contributed by atoms with Gasteiger partial charge in [0.15, 0.2) is 0 Å². The van der Waals surface area contributed by atoms with Crippen LogP contribution in [0, 0.1) is 5.92 Å². The fraction of sp³-hybridized carbons (Fsp3) is 0.467. The molecule has 0 bridgehead atoms. The molecule has 0 heterocycles. The quantitative estimate of drug-likeness (QED) is 0.838. The van der Waals surface area contributed by atoms with Crippen LogP contribution in [0.4, 0.5) is 0 Å². The van der Waals surface area contributed by atoms with E-state index in [1.807, 2.05) is 44.3 Å². The van der Waals surface area contributed by atoms with Crippen LogP contribution < -0.4 is 5.73 Å². The molecule has 102 valence electrons. The minimum atomic E-state index is -0.300. The first-order valence-electron chi connectivity index (χ1n) is 6.58. The van der Waals surface area contributed by atoms with E-state index in [9.17, 15) is 4.79 Å². The number of nitrogens with two attached hydrogens (primary N) is 1. The summed E-state index contributed by atoms with van der Waals surface area (Å²) in [5.41, 5.74) is 6.43. The third kappa shape index (κ3) is 2.78. The number of hydrogen-bond donors (Lipinski definition) is 1. The summed E-state index contributed by atoms with van der Waals surface area (Å²) in [6.07, 6.45) is 1.86. The SMILES string of the molecule is CC(CN(C)C(=O)C1(c2ccccc2)CC1)C(N)=S. The molecular weight excluding hydrogens is 256 g/mol. The number of carbonyl (C=O) groups excluding carboxylic acids is 1. The third-order valence-electron chi connectivity index (χ3n) is 3.87. The molecule has 0 aliphatic heterocycles. The topological polar surface area (TPSA) is 46.3 Å². The van der Waals surface area contributed by atoms with Gasteiger partial charge in [-0.25, -0.2) is 0 Å². The summed E-state index contributed by atoms with van der Waals surface area (Å²) < 4.78 is 0. The fourth-order valence-electron chi connectivity index (χ4n) is 2.46. The number of likely N-dealkylation sites (N-methyl/N-ethyl adjacent to an activating group) is 1. The molecule has 1 atom stereocenters. The van der Waals surface area contributed by atoms with Crippen LogP contribution in [0.25, 0.3) is 0 Å². The first-order valence-corrected chi connectivity index (χ1v) is 6.98. The van der Waals surface area contributed by atoms with E-state index in [0.29, 0.717) is 11.5 Å². The van der Waals surface area contributed by atoms with Crippen LogP contribution in [0.1, 0.15) is 25.3 Å². The molecule has 1 saturated carbocycles. The molecule has 19 heavy (non-hydrogen) atoms. The Hall–Kier alpha value is -1.42. The van der Waals surface area contributed by atoms with Crippen molar-refractivity contribution in [3.63, 3.8) is 0 Å². The van der Waals surface area contributed by atoms with Crippen LogP contribution >= 0.6 is 12.2 Å². The molecule has 2 N–H and O–H groups in total. The van der Waals surface area contributed by atoms with Gasteiger partial charge in [-0.15, -0.1) is 0 Å². The number of nitrogens with zero attached hydrogens (tertiary/aromatic N) is 1. The van der Waals surface area contributed by atoms with Gasteiger partial charge in [-0.2, -0.15) is 0 Å². The van der Waals surface area contributed by atoms with Crippen molar-refractivity contribution in [3.8, 4) is 0 Å². The van der Waals surface area contributed by atoms with E-state index in [1.54, 1.807) is 4.90 Å². The van der Waals surface area contributed by atoms with Crippen molar-refractivity contribution < 1.29 is 4.79 Å². The Labute approximate surface area is 119 Å². The molecule has 3 nitrogen and oxygen atoms in total. The van der Waals surface area contributed by atoms with Crippen molar-refractivity contribution >= 4 is 23.1 Å². The third-order valence-corrected chi connectivity index (χ3v) is 4.27. The van der Waals surface area contributed by atoms with E-state index in [2.05, 4.69) is 0 Å². The monoisotopic (exact) mass is 276 g/mol. The van der Waals surface area contributed by atoms with Gasteiger partial charge < -0.3 is 10.6 Å². The van der Waals surface area contributed by atoms with Crippen LogP contribution in [0.15, 0.2) is 30.3 Å². The Morgan fingerprint density at radius 1 is 1.42 bits per heavy atom. The van der Waals surface area contributed by atoms with E-state index in [0.717, 1.165) is 18.4 Å². The minimum Gasteiger partial charge on any atom is -0.393 e. The summed E-state index contributed by atoms with van der Waals surface area (Å²) in [4.78, 5) is 14.9. The molecule has 0 saturated heterocycles. The molecule has 0 aromatic heterocycles. The number of benzene rings is 1. The molecule has 1 fully saturated rings. The highest BCUT2D eigenvalue weighted by Gasteiger charge is 2.52. The molecule has 1 aromatic carbocycles. The smallest absolute Gasteiger partial charge is 0.232 e. The number of amides is 1. The van der Waals surface area contributed by atoms with Gasteiger partial charge in [-0.3, -0.25) is 4.79 Å². The van der Waals surface area contributed by atoms with Crippen molar-refractivity contribution in [1.29, 1.82) is 0 Å². The lowest BCUT2D eigenvalue weighted by Gasteiger charge is -2.26. The summed E-state index contributed by atoms with van der Waals surface area (Å²) >= 11 is 4.97. The first-order chi connectivity index (χ1) is 8.97. The van der Waals surface area contributed by atoms with E-state index < -0.39 is 0 Å². The van der Waals surface area contributed by atoms with Crippen molar-refractivity contribution in [2.45, 2.75) is 25.2 Å². The number of thiocarbonyl (C=S) groups is 1. The lowest BCUT2D eigenvalue weighted by molar-refractivity contribution is -0.132. The van der Waals surface area contributed by atoms with Crippen molar-refractivity contribution in [3.05, 3.63) is 35.9 Å². The molecule has 0 radical (unpaired) electrons. The Balaban J connectivity index is 2.10. The lowest BCUT2D eigenvalue weighted by atomic mass is 9.94. The largest absolute Gasteiger partial charge is 0.393 e. The summed E-state index contributed by atoms with van der Waals surface area (Å²) in [7, 11) is 1.83. The fourth-order valence-corrected chi connectivity index (χ4v) is 2.53. The van der Waals surface area contributed by atoms with Crippen molar-refractivity contribution in [2.24, 2.45) is 11.7 Å². The Bertz CT molecular complexity index is 482. The van der Waals surface area contributed by atoms with Crippen molar-refractivity contribution in [2.75, 3.05) is 13.6 Å². The summed E-state index contributed by atoms with van der Waals surface area (Å²) in [5.74, 6) is 0.234. The zero-order valence-corrected chi connectivity index (χ0v) is 12.2. The normalized spacial score (nSPS) is 17.6. The lowest BCUT2D eigenvalue weighted by Crippen LogP contribution is -2.41. The predicted molar refractivity (Wildman–Crippen MR) is 80.9 cm³/mol. The van der Waals surface area contributed by atoms with E-state index in [4.69, 9.17) is 18.0 Å². The van der Waals surface area contributed by atoms with Gasteiger partial charge in [0.2, 0.25) is 5.91 Å². The van der Waals surface area contributed by atoms with Gasteiger partial charge in [0.1, 0.15) is 0 Å². The summed E-state index contributed by atoms with van der Waals surface area (Å²) in [6, 6.07) is 10.0. The molecule has 1 aliphatic rings. The Morgan fingerprint density at radius 2 is 2.00 bits per heavy atom. The van der Waals surface area contributed by atoms with Crippen LogP contribution in [0.3, 0.4) is 0 Å². The number of rotatable bonds is 5. The summed E-state index contributed by atoms with van der Waals surface area (Å²) in [5, 5.41) is 0. The number of hydrogen-bond acceptors (Lipinski definition) is 2. The molecule has 2 rings (SSSR count). The van der Waals surface area contributed by atoms with Gasteiger partial charge in [0, 0.05) is 19.5 Å². The number of carbonyl (C=O) groups is 1. The van der Waals surface area contributed by atoms with Crippen LogP contribution in [-0.4, -0.2) is 29.4 Å². The zero-order chi connectivity index (χ0) is 14.0. The molecule has 0 spiro atoms. The zero-order valence-electron chi connectivity index (χ0n) is 11.4. The molecule has 1 unspecified atom stereocenters. The highest BCUT2D eigenvalue weighted by atomic mass is 32.1. The first kappa shape index (κ1) is 14.0. The van der Waals surface area contributed by atoms with Gasteiger partial charge in [-0.1, -0.05) is 49.5 Å². The highest BCUT2D eigenvalue weighted by molar-refractivity contribution is 7.80. The standard InChI is InChI=1S/C15H20N2OS/c1-11(13(16)19)10-17(2)14(18)15(8-9-15)12-6-4-3-5-7-12/h3-7,11H,8-10H2,1-2H3,(H2,16,19). The molecule has 1 aromatic rings. The van der Waals surface area contributed by atoms with Gasteiger partial charge in [0.05, 0.1) is 10.4 Å². The van der Waals surface area contributed by atoms with Crippen LogP contribution in [0.2, 0.25) is 0 Å². The second kappa shape index (κ2) is 5.29. The van der Waals surface area contributed by atoms with E-state index in [-0.39, 0.29) is 17.2 Å². The van der Waals surface area contributed by atoms with E-state index >= 15 is 0 Å². The second-order valence-electron chi connectivity index (χ2n) is 5.44. The molecule has 1 amide bonds. The summed E-state index contributed by atoms with van der Waals surface area (Å²) in [6.45, 7) is 2.54. The maximum atomic E-state index is 12.6. The Morgan fingerprint density at radius 3 is 2.47 bits per heavy atom. The van der Waals surface area contributed by atoms with Gasteiger partial charge >= 0.3 is 0 Å². The van der Waals surface area contributed by atoms with Gasteiger partial charge in [0.25, 0.3) is 0 Å². The average Bonchev–Trinajstić information content (AvgIpc) is 3.20. The molecule has 4 heteroatoms. The van der Waals surface area contributed by atoms with Gasteiger partial charge in [-0.05, 0) is 18.4 Å². The minimum absolute atomic E-state index is 0.0514. The predicted octanol–water partition coefficient (Wildman–Crippen LogP) is 2.10. The maximum absolute atomic E-state index is 12.6. The average molecular weight is 276 g/mol. The van der Waals surface area contributed by atoms with Crippen molar-refractivity contribution in [1.82, 2.24) is 4.90 Å². The van der Waals surface area contributed by atoms with Crippen LogP contribution in [0.5, 0.6) is 0 Å². The molecule has 1 aliphatic carbocycles. The van der Waals surface area contributed by atoms with E-state index in [1.165, 1.54) is 0 Å². The Kier molecular flexibility index (Phi) is 3.90. The van der Waals surface area contributed by atoms with Crippen LogP contribution in [-0.2, 0) is 10.2 Å².